The SMILES string of the molecule is CCCN(C)c1ccc(CCN)cc1F. The third kappa shape index (κ3) is 3.20. The molecule has 15 heavy (non-hydrogen) atoms. The van der Waals surface area contributed by atoms with Crippen molar-refractivity contribution in [3.63, 3.8) is 0 Å². The highest BCUT2D eigenvalue weighted by atomic mass is 19.1. The predicted molar refractivity (Wildman–Crippen MR) is 62.7 cm³/mol. The van der Waals surface area contributed by atoms with E-state index >= 15 is 0 Å². The molecule has 0 aliphatic heterocycles. The summed E-state index contributed by atoms with van der Waals surface area (Å²) in [6.45, 7) is 3.51. The molecule has 2 N–H and O–H groups in total. The third-order valence-corrected chi connectivity index (χ3v) is 2.42. The van der Waals surface area contributed by atoms with E-state index in [9.17, 15) is 4.39 Å². The topological polar surface area (TPSA) is 29.3 Å². The van der Waals surface area contributed by atoms with Gasteiger partial charge in [0.2, 0.25) is 0 Å². The molecule has 0 radical (unpaired) electrons. The Kier molecular flexibility index (Phi) is 4.56. The molecule has 1 aromatic carbocycles. The molecular weight excluding hydrogens is 191 g/mol. The number of hydrogen-bond donors (Lipinski definition) is 1. The molecule has 0 atom stereocenters. The Hall–Kier alpha value is -1.09. The van der Waals surface area contributed by atoms with E-state index < -0.39 is 0 Å². The van der Waals surface area contributed by atoms with E-state index in [1.54, 1.807) is 6.07 Å². The molecule has 0 bridgehead atoms. The first-order valence-electron chi connectivity index (χ1n) is 5.38. The highest BCUT2D eigenvalue weighted by Gasteiger charge is 2.07. The van der Waals surface area contributed by atoms with Crippen molar-refractivity contribution in [3.8, 4) is 0 Å². The second-order valence-corrected chi connectivity index (χ2v) is 3.75. The van der Waals surface area contributed by atoms with Gasteiger partial charge in [-0.15, -0.1) is 0 Å². The van der Waals surface area contributed by atoms with Gasteiger partial charge in [0.1, 0.15) is 5.82 Å². The molecule has 0 aromatic heterocycles. The molecule has 84 valence electrons. The maximum atomic E-state index is 13.7. The largest absolute Gasteiger partial charge is 0.372 e. The first-order valence-corrected chi connectivity index (χ1v) is 5.38. The molecule has 0 aliphatic rings. The summed E-state index contributed by atoms with van der Waals surface area (Å²) in [4.78, 5) is 1.93. The summed E-state index contributed by atoms with van der Waals surface area (Å²) in [5.41, 5.74) is 7.05. The normalized spacial score (nSPS) is 10.4. The van der Waals surface area contributed by atoms with Crippen LogP contribution < -0.4 is 10.6 Å². The van der Waals surface area contributed by atoms with Crippen molar-refractivity contribution in [3.05, 3.63) is 29.6 Å². The number of halogens is 1. The van der Waals surface area contributed by atoms with Gasteiger partial charge in [-0.05, 0) is 37.1 Å². The van der Waals surface area contributed by atoms with Gasteiger partial charge in [-0.2, -0.15) is 0 Å². The van der Waals surface area contributed by atoms with Crippen molar-refractivity contribution < 1.29 is 4.39 Å². The number of nitrogens with zero attached hydrogens (tertiary/aromatic N) is 1. The fourth-order valence-electron chi connectivity index (χ4n) is 1.64. The zero-order valence-electron chi connectivity index (χ0n) is 9.46. The van der Waals surface area contributed by atoms with Gasteiger partial charge in [0.15, 0.2) is 0 Å². The maximum Gasteiger partial charge on any atom is 0.146 e. The highest BCUT2D eigenvalue weighted by Crippen LogP contribution is 2.19. The van der Waals surface area contributed by atoms with Crippen molar-refractivity contribution >= 4 is 5.69 Å². The lowest BCUT2D eigenvalue weighted by atomic mass is 10.1. The molecule has 0 fully saturated rings. The van der Waals surface area contributed by atoms with Crippen LogP contribution in [0.2, 0.25) is 0 Å². The first-order chi connectivity index (χ1) is 7.19. The van der Waals surface area contributed by atoms with Gasteiger partial charge >= 0.3 is 0 Å². The maximum absolute atomic E-state index is 13.7. The molecule has 2 nitrogen and oxygen atoms in total. The molecule has 0 amide bonds. The Balaban J connectivity index is 2.82. The fourth-order valence-corrected chi connectivity index (χ4v) is 1.64. The second kappa shape index (κ2) is 5.71. The van der Waals surface area contributed by atoms with E-state index in [4.69, 9.17) is 5.73 Å². The summed E-state index contributed by atoms with van der Waals surface area (Å²) in [5, 5.41) is 0. The van der Waals surface area contributed by atoms with Gasteiger partial charge in [-0.25, -0.2) is 4.39 Å². The van der Waals surface area contributed by atoms with E-state index in [1.165, 1.54) is 0 Å². The Morgan fingerprint density at radius 3 is 2.67 bits per heavy atom. The van der Waals surface area contributed by atoms with E-state index in [0.29, 0.717) is 12.2 Å². The molecular formula is C12H19FN2. The van der Waals surface area contributed by atoms with Crippen LogP contribution in [0.5, 0.6) is 0 Å². The van der Waals surface area contributed by atoms with Crippen LogP contribution in [-0.2, 0) is 6.42 Å². The van der Waals surface area contributed by atoms with Crippen molar-refractivity contribution in [2.45, 2.75) is 19.8 Å². The van der Waals surface area contributed by atoms with Crippen LogP contribution in [0.15, 0.2) is 18.2 Å². The Bertz CT molecular complexity index is 312. The summed E-state index contributed by atoms with van der Waals surface area (Å²) in [5.74, 6) is -0.156. The number of nitrogens with two attached hydrogens (primary N) is 1. The molecule has 0 saturated heterocycles. The van der Waals surface area contributed by atoms with Gasteiger partial charge in [0, 0.05) is 13.6 Å². The van der Waals surface area contributed by atoms with Crippen LogP contribution in [0.1, 0.15) is 18.9 Å². The summed E-state index contributed by atoms with van der Waals surface area (Å²) in [6, 6.07) is 5.35. The molecule has 1 rings (SSSR count). The number of benzene rings is 1. The molecule has 0 heterocycles. The molecule has 3 heteroatoms. The first kappa shape index (κ1) is 12.0. The van der Waals surface area contributed by atoms with Crippen molar-refractivity contribution in [2.24, 2.45) is 5.73 Å². The standard InChI is InChI=1S/C12H19FN2/c1-3-8-15(2)12-5-4-10(6-7-14)9-11(12)13/h4-5,9H,3,6-8,14H2,1-2H3. The number of hydrogen-bond acceptors (Lipinski definition) is 2. The summed E-state index contributed by atoms with van der Waals surface area (Å²) in [7, 11) is 1.91. The van der Waals surface area contributed by atoms with Crippen LogP contribution in [0.4, 0.5) is 10.1 Å². The lowest BCUT2D eigenvalue weighted by Crippen LogP contribution is -2.19. The van der Waals surface area contributed by atoms with Gasteiger partial charge in [0.25, 0.3) is 0 Å². The van der Waals surface area contributed by atoms with Gasteiger partial charge in [-0.3, -0.25) is 0 Å². The summed E-state index contributed by atoms with van der Waals surface area (Å²) >= 11 is 0. The zero-order chi connectivity index (χ0) is 11.3. The van der Waals surface area contributed by atoms with E-state index in [2.05, 4.69) is 6.92 Å². The summed E-state index contributed by atoms with van der Waals surface area (Å²) < 4.78 is 13.7. The fraction of sp³-hybridized carbons (Fsp3) is 0.500. The average molecular weight is 210 g/mol. The Morgan fingerprint density at radius 1 is 1.40 bits per heavy atom. The van der Waals surface area contributed by atoms with Gasteiger partial charge in [0.05, 0.1) is 5.69 Å². The van der Waals surface area contributed by atoms with Crippen LogP contribution in [0.3, 0.4) is 0 Å². The van der Waals surface area contributed by atoms with Crippen LogP contribution in [0.25, 0.3) is 0 Å². The van der Waals surface area contributed by atoms with Crippen molar-refractivity contribution in [2.75, 3.05) is 25.0 Å². The van der Waals surface area contributed by atoms with E-state index in [1.807, 2.05) is 24.1 Å². The Labute approximate surface area is 90.9 Å². The minimum Gasteiger partial charge on any atom is -0.372 e. The smallest absolute Gasteiger partial charge is 0.146 e. The van der Waals surface area contributed by atoms with E-state index in [0.717, 1.165) is 24.9 Å². The minimum absolute atomic E-state index is 0.156. The van der Waals surface area contributed by atoms with Gasteiger partial charge in [-0.1, -0.05) is 13.0 Å². The second-order valence-electron chi connectivity index (χ2n) is 3.75. The predicted octanol–water partition coefficient (Wildman–Crippen LogP) is 2.17. The number of rotatable bonds is 5. The lowest BCUT2D eigenvalue weighted by molar-refractivity contribution is 0.619. The quantitative estimate of drug-likeness (QED) is 0.807. The molecule has 0 saturated carbocycles. The minimum atomic E-state index is -0.156. The molecule has 1 aromatic rings. The number of anilines is 1. The molecule has 0 unspecified atom stereocenters. The molecule has 0 spiro atoms. The molecule has 0 aliphatic carbocycles. The monoisotopic (exact) mass is 210 g/mol. The zero-order valence-corrected chi connectivity index (χ0v) is 9.46. The van der Waals surface area contributed by atoms with Crippen molar-refractivity contribution in [1.82, 2.24) is 0 Å². The van der Waals surface area contributed by atoms with Crippen LogP contribution in [0, 0.1) is 5.82 Å². The highest BCUT2D eigenvalue weighted by molar-refractivity contribution is 5.48. The Morgan fingerprint density at radius 2 is 2.13 bits per heavy atom. The van der Waals surface area contributed by atoms with Crippen LogP contribution >= 0.6 is 0 Å². The van der Waals surface area contributed by atoms with Crippen LogP contribution in [-0.4, -0.2) is 20.1 Å². The van der Waals surface area contributed by atoms with Crippen molar-refractivity contribution in [1.29, 1.82) is 0 Å². The average Bonchev–Trinajstić information content (AvgIpc) is 2.18. The lowest BCUT2D eigenvalue weighted by Gasteiger charge is -2.19. The van der Waals surface area contributed by atoms with E-state index in [-0.39, 0.29) is 5.82 Å². The van der Waals surface area contributed by atoms with Gasteiger partial charge < -0.3 is 10.6 Å². The summed E-state index contributed by atoms with van der Waals surface area (Å²) in [6.07, 6.45) is 1.75. The third-order valence-electron chi connectivity index (χ3n) is 2.42.